The molecule has 2 rings (SSSR count). The molecule has 1 aliphatic rings. The molecule has 0 saturated carbocycles. The second kappa shape index (κ2) is 4.26. The van der Waals surface area contributed by atoms with Gasteiger partial charge in [0.1, 0.15) is 0 Å². The van der Waals surface area contributed by atoms with E-state index in [1.807, 2.05) is 23.1 Å². The van der Waals surface area contributed by atoms with E-state index in [2.05, 4.69) is 4.99 Å². The van der Waals surface area contributed by atoms with Crippen LogP contribution in [0.4, 0.5) is 11.4 Å². The normalized spacial score (nSPS) is 20.1. The van der Waals surface area contributed by atoms with Gasteiger partial charge in [0.05, 0.1) is 17.5 Å². The van der Waals surface area contributed by atoms with Gasteiger partial charge in [-0.15, -0.1) is 0 Å². The van der Waals surface area contributed by atoms with E-state index in [-0.39, 0.29) is 6.10 Å². The number of hydrogen-bond donors (Lipinski definition) is 1. The summed E-state index contributed by atoms with van der Waals surface area (Å²) in [7, 11) is 0. The highest BCUT2D eigenvalue weighted by atomic mass is 16.3. The zero-order chi connectivity index (χ0) is 10.7. The van der Waals surface area contributed by atoms with E-state index < -0.39 is 0 Å². The zero-order valence-corrected chi connectivity index (χ0v) is 8.26. The molecule has 1 aromatic rings. The molecule has 4 heteroatoms. The molecule has 1 saturated heterocycles. The second-order valence-corrected chi connectivity index (χ2v) is 3.58. The van der Waals surface area contributed by atoms with Crippen molar-refractivity contribution < 1.29 is 9.90 Å². The standard InChI is InChI=1S/C11H12N2O2/c14-8-12-10-3-1-2-4-11(10)13-6-5-9(15)7-13/h1-4,9,15H,5-7H2. The summed E-state index contributed by atoms with van der Waals surface area (Å²) >= 11 is 0. The van der Waals surface area contributed by atoms with Crippen LogP contribution >= 0.6 is 0 Å². The Labute approximate surface area is 87.9 Å². The van der Waals surface area contributed by atoms with E-state index in [4.69, 9.17) is 0 Å². The third-order valence-electron chi connectivity index (χ3n) is 2.55. The molecule has 0 amide bonds. The lowest BCUT2D eigenvalue weighted by Gasteiger charge is -2.18. The van der Waals surface area contributed by atoms with E-state index in [0.29, 0.717) is 12.2 Å². The largest absolute Gasteiger partial charge is 0.391 e. The summed E-state index contributed by atoms with van der Waals surface area (Å²) in [6, 6.07) is 7.38. The molecule has 1 heterocycles. The topological polar surface area (TPSA) is 52.9 Å². The van der Waals surface area contributed by atoms with Crippen molar-refractivity contribution >= 4 is 17.5 Å². The van der Waals surface area contributed by atoms with Crippen molar-refractivity contribution in [2.24, 2.45) is 4.99 Å². The first-order valence-corrected chi connectivity index (χ1v) is 4.91. The number of aliphatic hydroxyl groups excluding tert-OH is 1. The molecule has 0 bridgehead atoms. The summed E-state index contributed by atoms with van der Waals surface area (Å²) < 4.78 is 0. The van der Waals surface area contributed by atoms with Gasteiger partial charge < -0.3 is 10.0 Å². The Morgan fingerprint density at radius 2 is 2.27 bits per heavy atom. The Kier molecular flexibility index (Phi) is 2.81. The number of nitrogens with zero attached hydrogens (tertiary/aromatic N) is 2. The number of hydrogen-bond acceptors (Lipinski definition) is 4. The quantitative estimate of drug-likeness (QED) is 0.582. The van der Waals surface area contributed by atoms with Gasteiger partial charge in [0.15, 0.2) is 0 Å². The fourth-order valence-corrected chi connectivity index (χ4v) is 1.84. The van der Waals surface area contributed by atoms with Crippen LogP contribution in [0.3, 0.4) is 0 Å². The Hall–Kier alpha value is -1.64. The number of rotatable bonds is 2. The zero-order valence-electron chi connectivity index (χ0n) is 8.26. The number of aliphatic imine (C=N–C) groups is 1. The predicted octanol–water partition coefficient (Wildman–Crippen LogP) is 1.22. The van der Waals surface area contributed by atoms with Gasteiger partial charge in [-0.1, -0.05) is 12.1 Å². The number of para-hydroxylation sites is 2. The lowest BCUT2D eigenvalue weighted by molar-refractivity contribution is 0.198. The van der Waals surface area contributed by atoms with E-state index >= 15 is 0 Å². The predicted molar refractivity (Wildman–Crippen MR) is 57.1 cm³/mol. The highest BCUT2D eigenvalue weighted by Crippen LogP contribution is 2.30. The molecular weight excluding hydrogens is 192 g/mol. The van der Waals surface area contributed by atoms with Crippen LogP contribution in [0.2, 0.25) is 0 Å². The summed E-state index contributed by atoms with van der Waals surface area (Å²) in [5.74, 6) is 0. The maximum absolute atomic E-state index is 10.2. The lowest BCUT2D eigenvalue weighted by Crippen LogP contribution is -2.21. The van der Waals surface area contributed by atoms with Gasteiger partial charge in [0.25, 0.3) is 0 Å². The monoisotopic (exact) mass is 204 g/mol. The highest BCUT2D eigenvalue weighted by Gasteiger charge is 2.21. The van der Waals surface area contributed by atoms with Gasteiger partial charge in [0, 0.05) is 13.1 Å². The minimum absolute atomic E-state index is 0.279. The molecule has 1 aromatic carbocycles. The van der Waals surface area contributed by atoms with E-state index in [9.17, 15) is 9.90 Å². The third-order valence-corrected chi connectivity index (χ3v) is 2.55. The van der Waals surface area contributed by atoms with E-state index in [1.165, 1.54) is 0 Å². The number of isocyanates is 1. The molecule has 1 unspecified atom stereocenters. The van der Waals surface area contributed by atoms with Crippen LogP contribution < -0.4 is 4.90 Å². The van der Waals surface area contributed by atoms with Crippen LogP contribution in [0.5, 0.6) is 0 Å². The van der Waals surface area contributed by atoms with Gasteiger partial charge in [-0.2, -0.15) is 4.99 Å². The number of benzene rings is 1. The molecule has 0 radical (unpaired) electrons. The molecule has 1 atom stereocenters. The van der Waals surface area contributed by atoms with Gasteiger partial charge >= 0.3 is 0 Å². The lowest BCUT2D eigenvalue weighted by atomic mass is 10.2. The van der Waals surface area contributed by atoms with Crippen LogP contribution in [0.15, 0.2) is 29.3 Å². The van der Waals surface area contributed by atoms with Crippen molar-refractivity contribution in [3.05, 3.63) is 24.3 Å². The molecule has 15 heavy (non-hydrogen) atoms. The van der Waals surface area contributed by atoms with Crippen molar-refractivity contribution in [2.45, 2.75) is 12.5 Å². The first kappa shape index (κ1) is 9.90. The minimum atomic E-state index is -0.279. The molecule has 1 fully saturated rings. The molecule has 0 spiro atoms. The third kappa shape index (κ3) is 2.06. The van der Waals surface area contributed by atoms with Gasteiger partial charge in [-0.25, -0.2) is 4.79 Å². The van der Waals surface area contributed by atoms with Crippen LogP contribution in [-0.4, -0.2) is 30.4 Å². The highest BCUT2D eigenvalue weighted by molar-refractivity contribution is 5.69. The van der Waals surface area contributed by atoms with Crippen LogP contribution in [0.25, 0.3) is 0 Å². The van der Waals surface area contributed by atoms with Gasteiger partial charge in [-0.05, 0) is 18.6 Å². The molecule has 1 aliphatic heterocycles. The molecule has 0 aliphatic carbocycles. The Balaban J connectivity index is 2.30. The number of anilines is 1. The maximum atomic E-state index is 10.2. The van der Waals surface area contributed by atoms with Gasteiger partial charge in [0.2, 0.25) is 6.08 Å². The number of carbonyl (C=O) groups excluding carboxylic acids is 1. The Morgan fingerprint density at radius 3 is 2.93 bits per heavy atom. The number of β-amino-alcohol motifs (C(OH)–C–C–N with tert-alkyl or cyclic N) is 1. The summed E-state index contributed by atoms with van der Waals surface area (Å²) in [4.78, 5) is 15.9. The van der Waals surface area contributed by atoms with Gasteiger partial charge in [-0.3, -0.25) is 0 Å². The molecular formula is C11H12N2O2. The van der Waals surface area contributed by atoms with Crippen molar-refractivity contribution in [3.63, 3.8) is 0 Å². The summed E-state index contributed by atoms with van der Waals surface area (Å²) in [5.41, 5.74) is 1.50. The maximum Gasteiger partial charge on any atom is 0.240 e. The minimum Gasteiger partial charge on any atom is -0.391 e. The Morgan fingerprint density at radius 1 is 1.47 bits per heavy atom. The second-order valence-electron chi connectivity index (χ2n) is 3.58. The fourth-order valence-electron chi connectivity index (χ4n) is 1.84. The molecule has 0 aromatic heterocycles. The summed E-state index contributed by atoms with van der Waals surface area (Å²) in [5, 5.41) is 9.43. The summed E-state index contributed by atoms with van der Waals surface area (Å²) in [6.45, 7) is 1.40. The average molecular weight is 204 g/mol. The molecule has 1 N–H and O–H groups in total. The first-order chi connectivity index (χ1) is 7.31. The molecule has 78 valence electrons. The smallest absolute Gasteiger partial charge is 0.240 e. The summed E-state index contributed by atoms with van der Waals surface area (Å²) in [6.07, 6.45) is 2.03. The number of aliphatic hydroxyl groups is 1. The van der Waals surface area contributed by atoms with Crippen molar-refractivity contribution in [2.75, 3.05) is 18.0 Å². The average Bonchev–Trinajstić information content (AvgIpc) is 2.66. The van der Waals surface area contributed by atoms with Crippen LogP contribution in [-0.2, 0) is 4.79 Å². The molecule has 4 nitrogen and oxygen atoms in total. The van der Waals surface area contributed by atoms with E-state index in [1.54, 1.807) is 12.1 Å². The van der Waals surface area contributed by atoms with Crippen molar-refractivity contribution in [3.8, 4) is 0 Å². The fraction of sp³-hybridized carbons (Fsp3) is 0.364. The SMILES string of the molecule is O=C=Nc1ccccc1N1CCC(O)C1. The van der Waals surface area contributed by atoms with Crippen molar-refractivity contribution in [1.29, 1.82) is 0 Å². The van der Waals surface area contributed by atoms with E-state index in [0.717, 1.165) is 18.7 Å². The van der Waals surface area contributed by atoms with Crippen molar-refractivity contribution in [1.82, 2.24) is 0 Å². The van der Waals surface area contributed by atoms with Crippen LogP contribution in [0, 0.1) is 0 Å². The Bertz CT molecular complexity index is 399. The van der Waals surface area contributed by atoms with Crippen LogP contribution in [0.1, 0.15) is 6.42 Å². The first-order valence-electron chi connectivity index (χ1n) is 4.91.